The summed E-state index contributed by atoms with van der Waals surface area (Å²) in [6, 6.07) is 5.58. The third-order valence-corrected chi connectivity index (χ3v) is 7.47. The molecule has 54 heavy (non-hydrogen) atoms. The highest BCUT2D eigenvalue weighted by atomic mass is 16.8. The Balaban J connectivity index is 2.13. The fourth-order valence-electron chi connectivity index (χ4n) is 5.55. The summed E-state index contributed by atoms with van der Waals surface area (Å²) in [6.45, 7) is 5.18. The van der Waals surface area contributed by atoms with E-state index in [1.54, 1.807) is 0 Å². The van der Waals surface area contributed by atoms with E-state index in [4.69, 9.17) is 52.1 Å². The maximum atomic E-state index is 13.0. The highest BCUT2D eigenvalue weighted by Gasteiger charge is 2.57. The fraction of sp³-hybridized carbons (Fsp3) is 0.588. The molecule has 2 saturated heterocycles. The molecule has 2 aliphatic heterocycles. The summed E-state index contributed by atoms with van der Waals surface area (Å²) >= 11 is 0. The van der Waals surface area contributed by atoms with E-state index in [1.807, 2.05) is 0 Å². The third-order valence-electron chi connectivity index (χ3n) is 7.47. The van der Waals surface area contributed by atoms with Gasteiger partial charge in [0, 0.05) is 48.5 Å². The molecule has 20 nitrogen and oxygen atoms in total. The van der Waals surface area contributed by atoms with Crippen molar-refractivity contribution in [3.05, 3.63) is 29.8 Å². The van der Waals surface area contributed by atoms with Crippen molar-refractivity contribution in [1.82, 2.24) is 0 Å². The molecule has 0 bridgehead atoms. The second-order valence-electron chi connectivity index (χ2n) is 11.9. The Hall–Kier alpha value is -5.18. The summed E-state index contributed by atoms with van der Waals surface area (Å²) < 4.78 is 61.6. The number of hydrogen-bond donors (Lipinski definition) is 1. The molecule has 0 saturated carbocycles. The normalized spacial score (nSPS) is 27.7. The Bertz CT molecular complexity index is 1560. The monoisotopic (exact) mass is 770 g/mol. The van der Waals surface area contributed by atoms with Crippen molar-refractivity contribution in [2.75, 3.05) is 19.8 Å². The van der Waals surface area contributed by atoms with Crippen molar-refractivity contribution in [3.8, 4) is 5.75 Å². The van der Waals surface area contributed by atoms with Crippen molar-refractivity contribution < 1.29 is 95.6 Å². The van der Waals surface area contributed by atoms with Crippen LogP contribution in [0.2, 0.25) is 0 Å². The molecule has 1 aromatic carbocycles. The van der Waals surface area contributed by atoms with Gasteiger partial charge >= 0.3 is 41.8 Å². The molecule has 0 unspecified atom stereocenters. The molecular formula is C34H42O20. The van der Waals surface area contributed by atoms with Gasteiger partial charge in [-0.25, -0.2) is 0 Å². The molecule has 20 heteroatoms. The number of ether oxygens (including phenoxy) is 11. The lowest BCUT2D eigenvalue weighted by Crippen LogP contribution is -2.67. The summed E-state index contributed by atoms with van der Waals surface area (Å²) in [4.78, 5) is 98.6. The van der Waals surface area contributed by atoms with Crippen LogP contribution in [0.25, 0.3) is 0 Å². The Morgan fingerprint density at radius 2 is 0.944 bits per heavy atom. The maximum Gasteiger partial charge on any atom is 0.303 e. The number of aromatic hydroxyl groups is 1. The minimum absolute atomic E-state index is 0.116. The largest absolute Gasteiger partial charge is 0.507 e. The van der Waals surface area contributed by atoms with E-state index in [-0.39, 0.29) is 11.3 Å². The molecule has 2 fully saturated rings. The van der Waals surface area contributed by atoms with Crippen LogP contribution in [-0.4, -0.2) is 134 Å². The van der Waals surface area contributed by atoms with E-state index in [1.165, 1.54) is 24.3 Å². The Kier molecular flexibility index (Phi) is 15.8. The molecule has 2 heterocycles. The average Bonchev–Trinajstić information content (AvgIpc) is 3.05. The third kappa shape index (κ3) is 12.5. The first-order chi connectivity index (χ1) is 25.4. The average molecular weight is 771 g/mol. The van der Waals surface area contributed by atoms with Gasteiger partial charge in [-0.1, -0.05) is 12.1 Å². The van der Waals surface area contributed by atoms with Gasteiger partial charge in [-0.2, -0.15) is 0 Å². The molecule has 2 aliphatic rings. The standard InChI is InChI=1S/C34H42O20/c1-15(35)44-13-25-27(47-17(3)37)29(48-18(4)38)32(51-21(7)41)34(53-25)54-28-26(14-45-16(2)36)52-33(31(50-20(6)40)30(28)49-19(5)39)46-12-24(43)22-10-8-9-11-23(22)42/h8-11,25-34,42H,12-14H2,1-7H3/t25-,26-,27-,28-,29+,30+,31-,32-,33-,34-/m1/s1. The molecule has 10 atom stereocenters. The topological polar surface area (TPSA) is 258 Å². The summed E-state index contributed by atoms with van der Waals surface area (Å²) in [6.07, 6.45) is -16.7. The molecule has 1 N–H and O–H groups in total. The molecular weight excluding hydrogens is 728 g/mol. The van der Waals surface area contributed by atoms with Crippen LogP contribution in [0.15, 0.2) is 24.3 Å². The number of hydrogen-bond acceptors (Lipinski definition) is 20. The summed E-state index contributed by atoms with van der Waals surface area (Å²) in [5.74, 6) is -7.33. The number of rotatable bonds is 15. The number of benzene rings is 1. The number of esters is 7. The fourth-order valence-corrected chi connectivity index (χ4v) is 5.55. The van der Waals surface area contributed by atoms with Gasteiger partial charge < -0.3 is 57.2 Å². The second-order valence-corrected chi connectivity index (χ2v) is 11.9. The van der Waals surface area contributed by atoms with Gasteiger partial charge in [0.05, 0.1) is 5.56 Å². The first-order valence-electron chi connectivity index (χ1n) is 16.4. The van der Waals surface area contributed by atoms with Crippen LogP contribution < -0.4 is 0 Å². The van der Waals surface area contributed by atoms with Crippen LogP contribution in [-0.2, 0) is 85.7 Å². The number of carbonyl (C=O) groups is 8. The van der Waals surface area contributed by atoms with Gasteiger partial charge in [0.15, 0.2) is 48.9 Å². The predicted octanol–water partition coefficient (Wildman–Crippen LogP) is 0.211. The van der Waals surface area contributed by atoms with Crippen molar-refractivity contribution >= 4 is 47.6 Å². The molecule has 1 aromatic rings. The van der Waals surface area contributed by atoms with Crippen LogP contribution in [0.4, 0.5) is 0 Å². The molecule has 0 spiro atoms. The highest BCUT2D eigenvalue weighted by molar-refractivity contribution is 5.99. The Morgan fingerprint density at radius 1 is 0.537 bits per heavy atom. The number of ketones is 1. The Labute approximate surface area is 308 Å². The molecule has 3 rings (SSSR count). The van der Waals surface area contributed by atoms with Crippen LogP contribution in [0.1, 0.15) is 58.8 Å². The van der Waals surface area contributed by atoms with Crippen LogP contribution in [0.3, 0.4) is 0 Å². The highest BCUT2D eigenvalue weighted by Crippen LogP contribution is 2.35. The molecule has 0 aromatic heterocycles. The lowest BCUT2D eigenvalue weighted by molar-refractivity contribution is -0.360. The number of Topliss-reactive ketones (excluding diaryl/α,β-unsaturated/α-hetero) is 1. The van der Waals surface area contributed by atoms with Gasteiger partial charge in [-0.05, 0) is 12.1 Å². The van der Waals surface area contributed by atoms with E-state index in [9.17, 15) is 43.5 Å². The minimum Gasteiger partial charge on any atom is -0.507 e. The van der Waals surface area contributed by atoms with E-state index in [0.717, 1.165) is 48.5 Å². The lowest BCUT2D eigenvalue weighted by Gasteiger charge is -2.48. The predicted molar refractivity (Wildman–Crippen MR) is 172 cm³/mol. The van der Waals surface area contributed by atoms with Gasteiger partial charge in [0.1, 0.15) is 43.9 Å². The number of carbonyl (C=O) groups excluding carboxylic acids is 8. The van der Waals surface area contributed by atoms with Crippen LogP contribution in [0, 0.1) is 0 Å². The number of phenols is 1. The van der Waals surface area contributed by atoms with E-state index in [0.29, 0.717) is 0 Å². The summed E-state index contributed by atoms with van der Waals surface area (Å²) in [7, 11) is 0. The van der Waals surface area contributed by atoms with Crippen molar-refractivity contribution in [2.45, 2.75) is 110 Å². The molecule has 0 radical (unpaired) electrons. The number of para-hydroxylation sites is 1. The van der Waals surface area contributed by atoms with E-state index < -0.39 is 129 Å². The van der Waals surface area contributed by atoms with Crippen molar-refractivity contribution in [3.63, 3.8) is 0 Å². The van der Waals surface area contributed by atoms with E-state index >= 15 is 0 Å². The second kappa shape index (κ2) is 19.8. The molecule has 0 amide bonds. The maximum absolute atomic E-state index is 13.0. The first kappa shape index (κ1) is 43.2. The minimum atomic E-state index is -1.87. The van der Waals surface area contributed by atoms with Crippen molar-refractivity contribution in [1.29, 1.82) is 0 Å². The quantitative estimate of drug-likeness (QED) is 0.142. The zero-order valence-electron chi connectivity index (χ0n) is 30.4. The zero-order chi connectivity index (χ0) is 40.3. The SMILES string of the molecule is CC(=O)OC[C@H]1O[C@H](O[C@H]2[C@H](OC(C)=O)[C@@H](OC(C)=O)[C@H](OCC(=O)c3ccccc3O)O[C@@H]2COC(C)=O)[C@H](OC(C)=O)[C@@H](OC(C)=O)[C@@H]1OC(C)=O. The summed E-state index contributed by atoms with van der Waals surface area (Å²) in [5.41, 5.74) is -0.116. The lowest BCUT2D eigenvalue weighted by atomic mass is 9.96. The van der Waals surface area contributed by atoms with E-state index in [2.05, 4.69) is 0 Å². The first-order valence-corrected chi connectivity index (χ1v) is 16.4. The van der Waals surface area contributed by atoms with Gasteiger partial charge in [-0.15, -0.1) is 0 Å². The van der Waals surface area contributed by atoms with Crippen LogP contribution >= 0.6 is 0 Å². The summed E-state index contributed by atoms with van der Waals surface area (Å²) in [5, 5.41) is 10.1. The van der Waals surface area contributed by atoms with Crippen LogP contribution in [0.5, 0.6) is 5.75 Å². The van der Waals surface area contributed by atoms with Gasteiger partial charge in [0.25, 0.3) is 0 Å². The molecule has 0 aliphatic carbocycles. The van der Waals surface area contributed by atoms with Gasteiger partial charge in [0.2, 0.25) is 0 Å². The van der Waals surface area contributed by atoms with Crippen molar-refractivity contribution in [2.24, 2.45) is 0 Å². The smallest absolute Gasteiger partial charge is 0.303 e. The molecule has 298 valence electrons. The number of phenolic OH excluding ortho intramolecular Hbond substituents is 1. The Morgan fingerprint density at radius 3 is 1.43 bits per heavy atom. The zero-order valence-corrected chi connectivity index (χ0v) is 30.4. The van der Waals surface area contributed by atoms with Gasteiger partial charge in [-0.3, -0.25) is 38.4 Å².